The van der Waals surface area contributed by atoms with Crippen molar-refractivity contribution >= 4 is 23.9 Å². The number of fused-ring (bicyclic) bond motifs is 1. The van der Waals surface area contributed by atoms with Crippen LogP contribution in [0, 0.1) is 44.8 Å². The summed E-state index contributed by atoms with van der Waals surface area (Å²) in [6.07, 6.45) is -0.254. The number of carbonyl (C=O) groups excluding carboxylic acids is 4. The zero-order chi connectivity index (χ0) is 39.1. The van der Waals surface area contributed by atoms with Gasteiger partial charge in [-0.3, -0.25) is 19.2 Å². The first kappa shape index (κ1) is 42.5. The Bertz CT molecular complexity index is 1350. The Balaban J connectivity index is 2.04. The molecule has 1 heterocycles. The summed E-state index contributed by atoms with van der Waals surface area (Å²) in [5, 5.41) is 11.4. The molecule has 2 fully saturated rings. The van der Waals surface area contributed by atoms with Crippen LogP contribution in [0.1, 0.15) is 117 Å². The van der Waals surface area contributed by atoms with Gasteiger partial charge in [-0.25, -0.2) is 0 Å². The highest BCUT2D eigenvalue weighted by molar-refractivity contribution is 5.78. The maximum atomic E-state index is 13.5. The van der Waals surface area contributed by atoms with Gasteiger partial charge in [0.1, 0.15) is 12.7 Å². The fraction of sp³-hybridized carbons (Fsp3) is 0.800. The molecule has 11 nitrogen and oxygen atoms in total. The molecular weight excluding hydrogens is 656 g/mol. The minimum atomic E-state index is -1.41. The van der Waals surface area contributed by atoms with Gasteiger partial charge >= 0.3 is 23.9 Å². The lowest BCUT2D eigenvalue weighted by Gasteiger charge is -2.57. The second-order valence-electron chi connectivity index (χ2n) is 19.3. The third kappa shape index (κ3) is 10.2. The van der Waals surface area contributed by atoms with E-state index in [2.05, 4.69) is 19.9 Å². The Kier molecular flexibility index (Phi) is 12.7. The Hall–Kier alpha value is -2.92. The molecule has 0 aromatic rings. The van der Waals surface area contributed by atoms with Gasteiger partial charge in [-0.15, -0.1) is 0 Å². The second kappa shape index (κ2) is 15.2. The van der Waals surface area contributed by atoms with Gasteiger partial charge in [-0.1, -0.05) is 26.8 Å². The largest absolute Gasteiger partial charge is 0.469 e. The third-order valence-electron chi connectivity index (χ3n) is 10.1. The van der Waals surface area contributed by atoms with Crippen LogP contribution in [0.5, 0.6) is 0 Å². The molecule has 4 aliphatic rings. The van der Waals surface area contributed by atoms with E-state index in [0.717, 1.165) is 18.4 Å². The molecule has 3 aliphatic carbocycles. The first-order valence-corrected chi connectivity index (χ1v) is 18.2. The maximum Gasteiger partial charge on any atom is 0.311 e. The molecular formula is C40H64O11. The number of hydrogen-bond acceptors (Lipinski definition) is 11. The Labute approximate surface area is 305 Å². The van der Waals surface area contributed by atoms with Crippen LogP contribution in [-0.2, 0) is 47.6 Å². The Morgan fingerprint density at radius 1 is 0.804 bits per heavy atom. The lowest BCUT2D eigenvalue weighted by molar-refractivity contribution is -0.301. The molecule has 0 aromatic carbocycles. The number of hydrogen-bond donors (Lipinski definition) is 1. The van der Waals surface area contributed by atoms with Crippen LogP contribution in [0.4, 0.5) is 0 Å². The predicted octanol–water partition coefficient (Wildman–Crippen LogP) is 6.69. The highest BCUT2D eigenvalue weighted by atomic mass is 16.7. The van der Waals surface area contributed by atoms with Crippen LogP contribution in [0.25, 0.3) is 0 Å². The number of aliphatic hydroxyl groups is 1. The second-order valence-corrected chi connectivity index (χ2v) is 19.3. The van der Waals surface area contributed by atoms with E-state index >= 15 is 0 Å². The van der Waals surface area contributed by atoms with E-state index in [4.69, 9.17) is 28.4 Å². The minimum Gasteiger partial charge on any atom is -0.469 e. The molecule has 0 spiro atoms. The summed E-state index contributed by atoms with van der Waals surface area (Å²) in [5.74, 6) is -1.86. The van der Waals surface area contributed by atoms with Crippen molar-refractivity contribution in [3.8, 4) is 0 Å². The molecule has 0 radical (unpaired) electrons. The van der Waals surface area contributed by atoms with Crippen LogP contribution < -0.4 is 0 Å². The quantitative estimate of drug-likeness (QED) is 0.112. The van der Waals surface area contributed by atoms with E-state index in [1.54, 1.807) is 89.2 Å². The van der Waals surface area contributed by atoms with Crippen molar-refractivity contribution in [2.75, 3.05) is 6.61 Å². The molecule has 2 bridgehead atoms. The highest BCUT2D eigenvalue weighted by Gasteiger charge is 2.56. The summed E-state index contributed by atoms with van der Waals surface area (Å²) in [5.41, 5.74) is -2.62. The zero-order valence-corrected chi connectivity index (χ0v) is 33.6. The average Bonchev–Trinajstić information content (AvgIpc) is 2.99. The molecule has 1 N–H and O–H groups in total. The van der Waals surface area contributed by atoms with Crippen molar-refractivity contribution in [1.29, 1.82) is 0 Å². The van der Waals surface area contributed by atoms with Crippen LogP contribution in [0.2, 0.25) is 0 Å². The van der Waals surface area contributed by atoms with Crippen molar-refractivity contribution in [2.45, 2.75) is 154 Å². The number of ether oxygens (including phenoxy) is 6. The van der Waals surface area contributed by atoms with E-state index < -0.39 is 82.3 Å². The van der Waals surface area contributed by atoms with Gasteiger partial charge < -0.3 is 33.5 Å². The monoisotopic (exact) mass is 720 g/mol. The summed E-state index contributed by atoms with van der Waals surface area (Å²) in [6, 6.07) is 0. The van der Waals surface area contributed by atoms with Gasteiger partial charge in [-0.05, 0) is 125 Å². The fourth-order valence-electron chi connectivity index (χ4n) is 6.18. The van der Waals surface area contributed by atoms with E-state index in [-0.39, 0.29) is 17.9 Å². The first-order valence-electron chi connectivity index (χ1n) is 18.2. The van der Waals surface area contributed by atoms with Crippen molar-refractivity contribution in [3.63, 3.8) is 0 Å². The third-order valence-corrected chi connectivity index (χ3v) is 10.1. The van der Waals surface area contributed by atoms with Gasteiger partial charge in [0.2, 0.25) is 12.4 Å². The fourth-order valence-corrected chi connectivity index (χ4v) is 6.18. The normalized spacial score (nSPS) is 29.2. The average molecular weight is 721 g/mol. The zero-order valence-electron chi connectivity index (χ0n) is 33.6. The number of allylic oxidation sites excluding steroid dienone is 1. The van der Waals surface area contributed by atoms with Gasteiger partial charge in [-0.2, -0.15) is 0 Å². The van der Waals surface area contributed by atoms with Crippen LogP contribution in [0.3, 0.4) is 0 Å². The van der Waals surface area contributed by atoms with Crippen LogP contribution in [-0.4, -0.2) is 72.4 Å². The Morgan fingerprint density at radius 2 is 1.27 bits per heavy atom. The van der Waals surface area contributed by atoms with E-state index in [9.17, 15) is 24.3 Å². The predicted molar refractivity (Wildman–Crippen MR) is 191 cm³/mol. The van der Waals surface area contributed by atoms with Crippen molar-refractivity contribution < 1.29 is 52.7 Å². The standard InChI is InChI=1S/C40H64O11/c1-22(27(41)24-17-16-23-20-25(24)40(23,14)15)18-19-46-31-30(51-35(45)39(11,12)13)29(50-34(44)38(8,9)10)28(49-33(43)37(5,6)7)26(48-31)21-47-32(42)36(2,3)4/h17-19,22-23,25-31,41H,16,20-21H2,1-15H3/b19-18+/t22-,23-,25-,26+,27-,28+,29-,30+,31-/m0/s1. The molecule has 0 amide bonds. The number of rotatable bonds is 10. The molecule has 1 saturated carbocycles. The SMILES string of the molecule is C[C@@H](/C=C/O[C@H]1O[C@H](COC(=O)C(C)(C)C)[C@@H](OC(=O)C(C)(C)C)[C@H](OC(=O)C(C)(C)C)[C@H]1OC(=O)C(C)(C)C)[C@H](O)C1=CC[C@H]2C[C@@H]1C2(C)C. The van der Waals surface area contributed by atoms with Gasteiger partial charge in [0, 0.05) is 5.92 Å². The Morgan fingerprint density at radius 3 is 1.73 bits per heavy atom. The number of aliphatic hydroxyl groups excluding tert-OH is 1. The summed E-state index contributed by atoms with van der Waals surface area (Å²) in [7, 11) is 0. The van der Waals surface area contributed by atoms with Crippen molar-refractivity contribution in [2.24, 2.45) is 44.8 Å². The lowest BCUT2D eigenvalue weighted by Crippen LogP contribution is -2.64. The van der Waals surface area contributed by atoms with Gasteiger partial charge in [0.05, 0.1) is 34.0 Å². The number of carbonyl (C=O) groups is 4. The van der Waals surface area contributed by atoms with Crippen molar-refractivity contribution in [3.05, 3.63) is 24.0 Å². The summed E-state index contributed by atoms with van der Waals surface area (Å²) >= 11 is 0. The smallest absolute Gasteiger partial charge is 0.311 e. The van der Waals surface area contributed by atoms with Crippen LogP contribution in [0.15, 0.2) is 24.0 Å². The molecule has 0 aromatic heterocycles. The molecule has 1 saturated heterocycles. The molecule has 0 unspecified atom stereocenters. The van der Waals surface area contributed by atoms with Crippen LogP contribution >= 0.6 is 0 Å². The minimum absolute atomic E-state index is 0.142. The molecule has 290 valence electrons. The topological polar surface area (TPSA) is 144 Å². The number of esters is 4. The summed E-state index contributed by atoms with van der Waals surface area (Å²) < 4.78 is 36.2. The van der Waals surface area contributed by atoms with E-state index in [0.29, 0.717) is 11.8 Å². The summed E-state index contributed by atoms with van der Waals surface area (Å²) in [6.45, 7) is 26.1. The van der Waals surface area contributed by atoms with E-state index in [1.807, 2.05) is 6.92 Å². The molecule has 51 heavy (non-hydrogen) atoms. The first-order chi connectivity index (χ1) is 23.1. The molecule has 11 heteroatoms. The maximum absolute atomic E-state index is 13.5. The van der Waals surface area contributed by atoms with Gasteiger partial charge in [0.25, 0.3) is 0 Å². The highest BCUT2D eigenvalue weighted by Crippen LogP contribution is 2.60. The van der Waals surface area contributed by atoms with E-state index in [1.165, 1.54) is 6.26 Å². The van der Waals surface area contributed by atoms with Gasteiger partial charge in [0.15, 0.2) is 12.2 Å². The molecule has 4 rings (SSSR count). The molecule has 1 aliphatic heterocycles. The van der Waals surface area contributed by atoms with Crippen molar-refractivity contribution in [1.82, 2.24) is 0 Å². The molecule has 9 atom stereocenters. The summed E-state index contributed by atoms with van der Waals surface area (Å²) in [4.78, 5) is 53.2. The lowest BCUT2D eigenvalue weighted by atomic mass is 9.48.